The van der Waals surface area contributed by atoms with Crippen LogP contribution in [-0.2, 0) is 9.84 Å². The minimum Gasteiger partial charge on any atom is -0.267 e. The second-order valence-electron chi connectivity index (χ2n) is 4.80. The van der Waals surface area contributed by atoms with Crippen LogP contribution in [0, 0.1) is 10.1 Å². The van der Waals surface area contributed by atoms with Crippen LogP contribution < -0.4 is 10.9 Å². The molecular weight excluding hydrogens is 434 g/mol. The van der Waals surface area contributed by atoms with Crippen LogP contribution >= 0.6 is 15.9 Å². The smallest absolute Gasteiger partial charge is 0.267 e. The van der Waals surface area contributed by atoms with Gasteiger partial charge in [0.25, 0.3) is 17.5 Å². The van der Waals surface area contributed by atoms with E-state index in [1.807, 2.05) is 10.9 Å². The van der Waals surface area contributed by atoms with E-state index >= 15 is 0 Å². The molecule has 0 aliphatic heterocycles. The lowest BCUT2D eigenvalue weighted by Crippen LogP contribution is -2.42. The third-order valence-electron chi connectivity index (χ3n) is 2.90. The number of sulfone groups is 1. The first-order valence-electron chi connectivity index (χ1n) is 6.68. The van der Waals surface area contributed by atoms with E-state index in [4.69, 9.17) is 0 Å². The molecule has 0 unspecified atom stereocenters. The number of hydrazine groups is 1. The number of halogens is 1. The molecule has 13 heteroatoms. The number of nitrogens with one attached hydrogen (secondary N) is 2. The van der Waals surface area contributed by atoms with E-state index in [0.717, 1.165) is 18.5 Å². The number of nitro benzene ring substituents is 1. The summed E-state index contributed by atoms with van der Waals surface area (Å²) in [6.07, 6.45) is 1.94. The number of nitro groups is 1. The van der Waals surface area contributed by atoms with Gasteiger partial charge in [0.05, 0.1) is 9.40 Å². The van der Waals surface area contributed by atoms with Crippen molar-refractivity contribution < 1.29 is 22.9 Å². The molecule has 1 aromatic carbocycles. The maximum atomic E-state index is 12.1. The van der Waals surface area contributed by atoms with Gasteiger partial charge < -0.3 is 0 Å². The highest BCUT2D eigenvalue weighted by Gasteiger charge is 2.22. The molecule has 11 nitrogen and oxygen atoms in total. The number of carbonyl (C=O) groups is 2. The Balaban J connectivity index is 2.20. The zero-order valence-electron chi connectivity index (χ0n) is 13.0. The van der Waals surface area contributed by atoms with E-state index in [1.54, 1.807) is 0 Å². The average Bonchev–Trinajstić information content (AvgIpc) is 2.58. The Bertz CT molecular complexity index is 1010. The molecule has 0 atom stereocenters. The number of hydrogen-bond acceptors (Lipinski definition) is 8. The monoisotopic (exact) mass is 443 g/mol. The van der Waals surface area contributed by atoms with Gasteiger partial charge in [-0.15, -0.1) is 0 Å². The van der Waals surface area contributed by atoms with Gasteiger partial charge in [-0.3, -0.25) is 30.6 Å². The van der Waals surface area contributed by atoms with Gasteiger partial charge in [-0.1, -0.05) is 12.1 Å². The van der Waals surface area contributed by atoms with Crippen LogP contribution in [0.3, 0.4) is 0 Å². The number of amides is 2. The Labute approximate surface area is 155 Å². The SMILES string of the molecule is CS(=O)(=O)c1ncc(Br)c(C(=O)NNC(=O)c2ccccc2[N+](=O)[O-])n1. The molecule has 0 bridgehead atoms. The lowest BCUT2D eigenvalue weighted by molar-refractivity contribution is -0.385. The molecule has 0 saturated heterocycles. The summed E-state index contributed by atoms with van der Waals surface area (Å²) in [5.41, 5.74) is 2.96. The first-order chi connectivity index (χ1) is 12.1. The first-order valence-corrected chi connectivity index (χ1v) is 9.36. The summed E-state index contributed by atoms with van der Waals surface area (Å²) in [5, 5.41) is 10.3. The minimum absolute atomic E-state index is 0.0855. The van der Waals surface area contributed by atoms with Crippen molar-refractivity contribution in [1.29, 1.82) is 0 Å². The summed E-state index contributed by atoms with van der Waals surface area (Å²) >= 11 is 3.00. The molecule has 0 fully saturated rings. The van der Waals surface area contributed by atoms with Crippen LogP contribution in [0.2, 0.25) is 0 Å². The number of benzene rings is 1. The predicted molar refractivity (Wildman–Crippen MR) is 90.9 cm³/mol. The fourth-order valence-corrected chi connectivity index (χ4v) is 2.63. The highest BCUT2D eigenvalue weighted by Crippen LogP contribution is 2.17. The van der Waals surface area contributed by atoms with E-state index in [1.165, 1.54) is 18.2 Å². The molecule has 2 aromatic rings. The van der Waals surface area contributed by atoms with Crippen molar-refractivity contribution in [1.82, 2.24) is 20.8 Å². The quantitative estimate of drug-likeness (QED) is 0.394. The van der Waals surface area contributed by atoms with Crippen molar-refractivity contribution in [2.45, 2.75) is 5.16 Å². The number of carbonyl (C=O) groups excluding carboxylic acids is 2. The Morgan fingerprint density at radius 1 is 1.19 bits per heavy atom. The highest BCUT2D eigenvalue weighted by atomic mass is 79.9. The zero-order chi connectivity index (χ0) is 19.5. The maximum absolute atomic E-state index is 12.1. The number of aromatic nitrogens is 2. The lowest BCUT2D eigenvalue weighted by Gasteiger charge is -2.09. The van der Waals surface area contributed by atoms with Crippen LogP contribution in [0.4, 0.5) is 5.69 Å². The van der Waals surface area contributed by atoms with Gasteiger partial charge in [-0.05, 0) is 22.0 Å². The Hall–Kier alpha value is -2.93. The van der Waals surface area contributed by atoms with Crippen molar-refractivity contribution in [3.63, 3.8) is 0 Å². The molecule has 1 aromatic heterocycles. The highest BCUT2D eigenvalue weighted by molar-refractivity contribution is 9.10. The van der Waals surface area contributed by atoms with Crippen LogP contribution in [0.15, 0.2) is 40.1 Å². The van der Waals surface area contributed by atoms with Crippen molar-refractivity contribution in [3.8, 4) is 0 Å². The Morgan fingerprint density at radius 2 is 1.81 bits per heavy atom. The summed E-state index contributed by atoms with van der Waals surface area (Å²) in [4.78, 5) is 41.6. The van der Waals surface area contributed by atoms with E-state index in [2.05, 4.69) is 25.9 Å². The normalized spacial score (nSPS) is 10.8. The van der Waals surface area contributed by atoms with Gasteiger partial charge in [0.15, 0.2) is 0 Å². The van der Waals surface area contributed by atoms with Crippen LogP contribution in [0.1, 0.15) is 20.8 Å². The molecule has 0 aliphatic rings. The average molecular weight is 444 g/mol. The standard InChI is InChI=1S/C13H10BrN5O6S/c1-26(24,25)13-15-6-8(14)10(16-13)12(21)18-17-11(20)7-4-2-3-5-9(7)19(22)23/h2-6H,1H3,(H,17,20)(H,18,21). The Kier molecular flexibility index (Phi) is 5.62. The molecular formula is C13H10BrN5O6S. The minimum atomic E-state index is -3.75. The number of rotatable bonds is 4. The fraction of sp³-hybridized carbons (Fsp3) is 0.0769. The predicted octanol–water partition coefficient (Wildman–Crippen LogP) is 0.626. The van der Waals surface area contributed by atoms with Crippen molar-refractivity contribution in [2.24, 2.45) is 0 Å². The lowest BCUT2D eigenvalue weighted by atomic mass is 10.2. The second kappa shape index (κ2) is 7.53. The molecule has 2 amide bonds. The molecule has 136 valence electrons. The number of nitrogens with zero attached hydrogens (tertiary/aromatic N) is 3. The molecule has 2 rings (SSSR count). The van der Waals surface area contributed by atoms with Gasteiger partial charge in [-0.25, -0.2) is 18.4 Å². The van der Waals surface area contributed by atoms with Crippen LogP contribution in [-0.4, -0.2) is 41.4 Å². The van der Waals surface area contributed by atoms with E-state index in [-0.39, 0.29) is 15.7 Å². The van der Waals surface area contributed by atoms with E-state index in [0.29, 0.717) is 0 Å². The van der Waals surface area contributed by atoms with Gasteiger partial charge >= 0.3 is 0 Å². The Morgan fingerprint density at radius 3 is 2.42 bits per heavy atom. The van der Waals surface area contributed by atoms with Gasteiger partial charge in [0.2, 0.25) is 15.0 Å². The largest absolute Gasteiger partial charge is 0.289 e. The molecule has 0 saturated carbocycles. The summed E-state index contributed by atoms with van der Waals surface area (Å²) < 4.78 is 23.0. The van der Waals surface area contributed by atoms with Crippen molar-refractivity contribution >= 4 is 43.3 Å². The van der Waals surface area contributed by atoms with E-state index < -0.39 is 37.4 Å². The number of para-hydroxylation sites is 1. The maximum Gasteiger partial charge on any atom is 0.289 e. The topological polar surface area (TPSA) is 161 Å². The summed E-state index contributed by atoms with van der Waals surface area (Å²) in [6.45, 7) is 0. The fourth-order valence-electron chi connectivity index (χ4n) is 1.75. The zero-order valence-corrected chi connectivity index (χ0v) is 15.4. The summed E-state index contributed by atoms with van der Waals surface area (Å²) in [6, 6.07) is 5.15. The van der Waals surface area contributed by atoms with Gasteiger partial charge in [0, 0.05) is 18.5 Å². The molecule has 1 heterocycles. The van der Waals surface area contributed by atoms with Gasteiger partial charge in [-0.2, -0.15) is 0 Å². The van der Waals surface area contributed by atoms with Crippen LogP contribution in [0.25, 0.3) is 0 Å². The third-order valence-corrected chi connectivity index (χ3v) is 4.34. The second-order valence-corrected chi connectivity index (χ2v) is 7.57. The molecule has 26 heavy (non-hydrogen) atoms. The third kappa shape index (κ3) is 4.37. The van der Waals surface area contributed by atoms with Crippen LogP contribution in [0.5, 0.6) is 0 Å². The van der Waals surface area contributed by atoms with E-state index in [9.17, 15) is 28.1 Å². The molecule has 2 N–H and O–H groups in total. The van der Waals surface area contributed by atoms with Crippen molar-refractivity contribution in [2.75, 3.05) is 6.26 Å². The number of hydrogen-bond donors (Lipinski definition) is 2. The summed E-state index contributed by atoms with van der Waals surface area (Å²) in [5.74, 6) is -1.88. The molecule has 0 aliphatic carbocycles. The van der Waals surface area contributed by atoms with Crippen molar-refractivity contribution in [3.05, 3.63) is 56.3 Å². The molecule has 0 spiro atoms. The molecule has 0 radical (unpaired) electrons. The van der Waals surface area contributed by atoms with Gasteiger partial charge in [0.1, 0.15) is 11.3 Å². The first kappa shape index (κ1) is 19.4. The summed E-state index contributed by atoms with van der Waals surface area (Å²) in [7, 11) is -3.75.